The average molecular weight is 352 g/mol. The van der Waals surface area contributed by atoms with E-state index in [1.807, 2.05) is 29.2 Å². The van der Waals surface area contributed by atoms with Crippen molar-refractivity contribution in [2.24, 2.45) is 5.92 Å². The van der Waals surface area contributed by atoms with E-state index in [2.05, 4.69) is 17.4 Å². The number of carbonyl (C=O) groups excluding carboxylic acids is 1. The van der Waals surface area contributed by atoms with Crippen molar-refractivity contribution in [2.45, 2.75) is 31.7 Å². The summed E-state index contributed by atoms with van der Waals surface area (Å²) in [5.74, 6) is 0.383. The number of carbonyl (C=O) groups is 1. The fraction of sp³-hybridized carbons (Fsp3) is 0.409. The number of fused-ring (bicyclic) bond motifs is 1. The van der Waals surface area contributed by atoms with Gasteiger partial charge in [-0.15, -0.1) is 0 Å². The molecule has 2 aromatic carbocycles. The van der Waals surface area contributed by atoms with E-state index in [4.69, 9.17) is 0 Å². The molecule has 2 aromatic rings. The Hall–Kier alpha value is -2.20. The quantitative estimate of drug-likeness (QED) is 0.914. The van der Waals surface area contributed by atoms with Crippen LogP contribution in [-0.2, 0) is 11.2 Å². The van der Waals surface area contributed by atoms with Gasteiger partial charge in [0.2, 0.25) is 5.91 Å². The summed E-state index contributed by atoms with van der Waals surface area (Å²) in [6.45, 7) is 2.70. The second-order valence-corrected chi connectivity index (χ2v) is 7.41. The molecule has 0 bridgehead atoms. The number of hydrogen-bond donors (Lipinski definition) is 1. The van der Waals surface area contributed by atoms with Crippen LogP contribution in [0.1, 0.15) is 42.0 Å². The zero-order chi connectivity index (χ0) is 17.9. The molecule has 2 aliphatic rings. The number of nitrogens with zero attached hydrogens (tertiary/aromatic N) is 1. The van der Waals surface area contributed by atoms with Gasteiger partial charge >= 0.3 is 0 Å². The zero-order valence-corrected chi connectivity index (χ0v) is 15.0. The summed E-state index contributed by atoms with van der Waals surface area (Å²) in [6, 6.07) is 14.8. The molecule has 0 saturated carbocycles. The monoisotopic (exact) mass is 352 g/mol. The first-order valence-electron chi connectivity index (χ1n) is 9.56. The number of hydrogen-bond acceptors (Lipinski definition) is 2. The van der Waals surface area contributed by atoms with Gasteiger partial charge in [0.15, 0.2) is 0 Å². The normalized spacial score (nSPS) is 22.7. The molecular weight excluding hydrogens is 327 g/mol. The summed E-state index contributed by atoms with van der Waals surface area (Å²) in [5, 5.41) is 3.40. The third-order valence-corrected chi connectivity index (χ3v) is 5.65. The smallest absolute Gasteiger partial charge is 0.223 e. The SMILES string of the molecule is O=C(C[C@@H]1CCCNC1)N1CCc2ccccc2[C@@H]1c1ccc(F)cc1. The zero-order valence-electron chi connectivity index (χ0n) is 15.0. The topological polar surface area (TPSA) is 32.3 Å². The first kappa shape index (κ1) is 17.2. The summed E-state index contributed by atoms with van der Waals surface area (Å²) < 4.78 is 13.4. The van der Waals surface area contributed by atoms with Crippen molar-refractivity contribution in [1.82, 2.24) is 10.2 Å². The highest BCUT2D eigenvalue weighted by molar-refractivity contribution is 5.78. The van der Waals surface area contributed by atoms with E-state index in [0.29, 0.717) is 12.3 Å². The Morgan fingerprint density at radius 3 is 2.73 bits per heavy atom. The van der Waals surface area contributed by atoms with Gasteiger partial charge in [0.25, 0.3) is 0 Å². The molecule has 1 amide bonds. The predicted octanol–water partition coefficient (Wildman–Crippen LogP) is 3.69. The molecular formula is C22H25FN2O. The minimum Gasteiger partial charge on any atom is -0.331 e. The number of piperidine rings is 1. The number of benzene rings is 2. The van der Waals surface area contributed by atoms with E-state index in [0.717, 1.165) is 44.5 Å². The van der Waals surface area contributed by atoms with E-state index >= 15 is 0 Å². The van der Waals surface area contributed by atoms with Crippen molar-refractivity contribution in [3.8, 4) is 0 Å². The van der Waals surface area contributed by atoms with Crippen LogP contribution in [0.2, 0.25) is 0 Å². The number of nitrogens with one attached hydrogen (secondary N) is 1. The van der Waals surface area contributed by atoms with Crippen LogP contribution in [0.3, 0.4) is 0 Å². The highest BCUT2D eigenvalue weighted by Gasteiger charge is 2.32. The van der Waals surface area contributed by atoms with Crippen LogP contribution in [0.15, 0.2) is 48.5 Å². The number of amides is 1. The maximum Gasteiger partial charge on any atom is 0.223 e. The van der Waals surface area contributed by atoms with E-state index in [1.165, 1.54) is 23.3 Å². The van der Waals surface area contributed by atoms with Gasteiger partial charge in [0, 0.05) is 13.0 Å². The molecule has 0 spiro atoms. The minimum absolute atomic E-state index is 0.121. The molecule has 26 heavy (non-hydrogen) atoms. The number of rotatable bonds is 3. The van der Waals surface area contributed by atoms with E-state index in [9.17, 15) is 9.18 Å². The van der Waals surface area contributed by atoms with Crippen molar-refractivity contribution < 1.29 is 9.18 Å². The highest BCUT2D eigenvalue weighted by atomic mass is 19.1. The molecule has 0 aliphatic carbocycles. The fourth-order valence-electron chi connectivity index (χ4n) is 4.30. The van der Waals surface area contributed by atoms with Crippen LogP contribution < -0.4 is 5.32 Å². The Kier molecular flexibility index (Phi) is 5.02. The Bertz CT molecular complexity index is 768. The van der Waals surface area contributed by atoms with Crippen molar-refractivity contribution in [3.05, 3.63) is 71.0 Å². The van der Waals surface area contributed by atoms with Crippen LogP contribution in [0, 0.1) is 11.7 Å². The van der Waals surface area contributed by atoms with Gasteiger partial charge in [0.05, 0.1) is 6.04 Å². The number of halogens is 1. The largest absolute Gasteiger partial charge is 0.331 e. The van der Waals surface area contributed by atoms with Gasteiger partial charge in [0.1, 0.15) is 5.82 Å². The van der Waals surface area contributed by atoms with Crippen LogP contribution in [0.4, 0.5) is 4.39 Å². The summed E-state index contributed by atoms with van der Waals surface area (Å²) in [5.41, 5.74) is 3.43. The molecule has 2 aliphatic heterocycles. The second kappa shape index (κ2) is 7.58. The van der Waals surface area contributed by atoms with Crippen LogP contribution in [0.25, 0.3) is 0 Å². The molecule has 2 heterocycles. The van der Waals surface area contributed by atoms with Crippen LogP contribution in [0.5, 0.6) is 0 Å². The maximum absolute atomic E-state index is 13.4. The summed E-state index contributed by atoms with van der Waals surface area (Å²) in [4.78, 5) is 15.2. The van der Waals surface area contributed by atoms with Gasteiger partial charge in [-0.2, -0.15) is 0 Å². The third-order valence-electron chi connectivity index (χ3n) is 5.65. The fourth-order valence-corrected chi connectivity index (χ4v) is 4.30. The van der Waals surface area contributed by atoms with Gasteiger partial charge in [-0.05, 0) is 67.1 Å². The van der Waals surface area contributed by atoms with Crippen molar-refractivity contribution >= 4 is 5.91 Å². The molecule has 0 unspecified atom stereocenters. The van der Waals surface area contributed by atoms with E-state index in [1.54, 1.807) is 0 Å². The molecule has 2 atom stereocenters. The second-order valence-electron chi connectivity index (χ2n) is 7.41. The minimum atomic E-state index is -0.246. The Morgan fingerprint density at radius 2 is 1.96 bits per heavy atom. The van der Waals surface area contributed by atoms with Crippen LogP contribution >= 0.6 is 0 Å². The van der Waals surface area contributed by atoms with Gasteiger partial charge in [-0.3, -0.25) is 4.79 Å². The van der Waals surface area contributed by atoms with Gasteiger partial charge in [-0.25, -0.2) is 4.39 Å². The predicted molar refractivity (Wildman–Crippen MR) is 100 cm³/mol. The first-order valence-corrected chi connectivity index (χ1v) is 9.56. The third kappa shape index (κ3) is 3.51. The van der Waals surface area contributed by atoms with E-state index < -0.39 is 0 Å². The van der Waals surface area contributed by atoms with E-state index in [-0.39, 0.29) is 17.8 Å². The van der Waals surface area contributed by atoms with Crippen LogP contribution in [-0.4, -0.2) is 30.4 Å². The summed E-state index contributed by atoms with van der Waals surface area (Å²) >= 11 is 0. The summed E-state index contributed by atoms with van der Waals surface area (Å²) in [7, 11) is 0. The lowest BCUT2D eigenvalue weighted by Gasteiger charge is -2.39. The molecule has 0 radical (unpaired) electrons. The first-order chi connectivity index (χ1) is 12.7. The Morgan fingerprint density at radius 1 is 1.15 bits per heavy atom. The molecule has 136 valence electrons. The Balaban J connectivity index is 1.64. The molecule has 4 heteroatoms. The highest BCUT2D eigenvalue weighted by Crippen LogP contribution is 2.36. The average Bonchev–Trinajstić information content (AvgIpc) is 2.68. The molecule has 4 rings (SSSR count). The standard InChI is InChI=1S/C22H25FN2O/c23-19-9-7-18(8-10-19)22-20-6-2-1-5-17(20)11-13-25(22)21(26)14-16-4-3-12-24-15-16/h1-2,5-10,16,22,24H,3-4,11-15H2/t16-,22-/m0/s1. The molecule has 1 fully saturated rings. The Labute approximate surface area is 154 Å². The van der Waals surface area contributed by atoms with Crippen molar-refractivity contribution in [2.75, 3.05) is 19.6 Å². The lowest BCUT2D eigenvalue weighted by atomic mass is 9.87. The van der Waals surface area contributed by atoms with Crippen molar-refractivity contribution in [1.29, 1.82) is 0 Å². The van der Waals surface area contributed by atoms with Crippen molar-refractivity contribution in [3.63, 3.8) is 0 Å². The lowest BCUT2D eigenvalue weighted by Crippen LogP contribution is -2.42. The van der Waals surface area contributed by atoms with Gasteiger partial charge in [-0.1, -0.05) is 36.4 Å². The maximum atomic E-state index is 13.4. The lowest BCUT2D eigenvalue weighted by molar-refractivity contribution is -0.134. The molecule has 3 nitrogen and oxygen atoms in total. The van der Waals surface area contributed by atoms with Gasteiger partial charge < -0.3 is 10.2 Å². The summed E-state index contributed by atoms with van der Waals surface area (Å²) in [6.07, 6.45) is 3.72. The molecule has 1 N–H and O–H groups in total. The molecule has 1 saturated heterocycles. The molecule has 0 aromatic heterocycles.